The minimum atomic E-state index is -0.433. The maximum Gasteiger partial charge on any atom is 0.496 e. The standard InChI is InChI=1S/C17H20BNO3/c1-16(2)17(3,4)22-18(21-16)13-10-15(12-19-11-13)20-14-8-6-5-7-9-14/h5-12H,1-4H3. The van der Waals surface area contributed by atoms with Crippen LogP contribution in [-0.2, 0) is 9.31 Å². The van der Waals surface area contributed by atoms with Crippen LogP contribution >= 0.6 is 0 Å². The van der Waals surface area contributed by atoms with Crippen LogP contribution in [0.25, 0.3) is 0 Å². The van der Waals surface area contributed by atoms with E-state index in [1.54, 1.807) is 12.4 Å². The van der Waals surface area contributed by atoms with Crippen molar-refractivity contribution in [3.8, 4) is 11.5 Å². The van der Waals surface area contributed by atoms with Crippen LogP contribution in [0.1, 0.15) is 27.7 Å². The van der Waals surface area contributed by atoms with E-state index in [2.05, 4.69) is 4.98 Å². The molecule has 0 N–H and O–H groups in total. The normalized spacial score (nSPS) is 19.2. The second-order valence-electron chi connectivity index (χ2n) is 6.46. The van der Waals surface area contributed by atoms with Gasteiger partial charge in [-0.25, -0.2) is 0 Å². The molecule has 114 valence electrons. The Morgan fingerprint density at radius 2 is 1.55 bits per heavy atom. The van der Waals surface area contributed by atoms with Crippen LogP contribution in [0.4, 0.5) is 0 Å². The highest BCUT2D eigenvalue weighted by Gasteiger charge is 2.51. The molecule has 0 amide bonds. The summed E-state index contributed by atoms with van der Waals surface area (Å²) in [6.45, 7) is 8.13. The molecule has 22 heavy (non-hydrogen) atoms. The van der Waals surface area contributed by atoms with Crippen molar-refractivity contribution in [2.75, 3.05) is 0 Å². The van der Waals surface area contributed by atoms with Crippen LogP contribution in [0.5, 0.6) is 11.5 Å². The van der Waals surface area contributed by atoms with Gasteiger partial charge in [-0.15, -0.1) is 0 Å². The molecule has 1 saturated heterocycles. The van der Waals surface area contributed by atoms with Gasteiger partial charge in [-0.3, -0.25) is 4.98 Å². The molecule has 0 spiro atoms. The Kier molecular flexibility index (Phi) is 3.71. The number of ether oxygens (including phenoxy) is 1. The van der Waals surface area contributed by atoms with Crippen molar-refractivity contribution < 1.29 is 14.0 Å². The number of rotatable bonds is 3. The van der Waals surface area contributed by atoms with Gasteiger partial charge in [0.2, 0.25) is 0 Å². The maximum absolute atomic E-state index is 6.04. The molecule has 1 aliphatic heterocycles. The molecule has 5 heteroatoms. The minimum absolute atomic E-state index is 0.367. The van der Waals surface area contributed by atoms with E-state index in [0.29, 0.717) is 5.75 Å². The van der Waals surface area contributed by atoms with E-state index in [9.17, 15) is 0 Å². The Balaban J connectivity index is 1.81. The van der Waals surface area contributed by atoms with E-state index in [-0.39, 0.29) is 11.2 Å². The summed E-state index contributed by atoms with van der Waals surface area (Å²) in [6.07, 6.45) is 3.43. The quantitative estimate of drug-likeness (QED) is 0.816. The number of nitrogens with zero attached hydrogens (tertiary/aromatic N) is 1. The van der Waals surface area contributed by atoms with E-state index in [0.717, 1.165) is 11.2 Å². The van der Waals surface area contributed by atoms with Crippen molar-refractivity contribution in [1.29, 1.82) is 0 Å². The molecule has 2 heterocycles. The zero-order valence-corrected chi connectivity index (χ0v) is 13.4. The van der Waals surface area contributed by atoms with Crippen molar-refractivity contribution in [2.24, 2.45) is 0 Å². The third kappa shape index (κ3) is 2.87. The molecule has 0 bridgehead atoms. The zero-order valence-electron chi connectivity index (χ0n) is 13.4. The highest BCUT2D eigenvalue weighted by atomic mass is 16.7. The van der Waals surface area contributed by atoms with Gasteiger partial charge >= 0.3 is 7.12 Å². The third-order valence-corrected chi connectivity index (χ3v) is 4.24. The smallest absolute Gasteiger partial charge is 0.456 e. The Morgan fingerprint density at radius 1 is 0.909 bits per heavy atom. The number of aromatic nitrogens is 1. The van der Waals surface area contributed by atoms with Crippen LogP contribution < -0.4 is 10.2 Å². The van der Waals surface area contributed by atoms with Crippen LogP contribution in [0.2, 0.25) is 0 Å². The number of para-hydroxylation sites is 1. The predicted octanol–water partition coefficient (Wildman–Crippen LogP) is 3.17. The summed E-state index contributed by atoms with van der Waals surface area (Å²) in [7, 11) is -0.433. The lowest BCUT2D eigenvalue weighted by Gasteiger charge is -2.32. The van der Waals surface area contributed by atoms with E-state index < -0.39 is 7.12 Å². The van der Waals surface area contributed by atoms with E-state index >= 15 is 0 Å². The monoisotopic (exact) mass is 297 g/mol. The zero-order chi connectivity index (χ0) is 15.8. The van der Waals surface area contributed by atoms with Crippen LogP contribution in [-0.4, -0.2) is 23.3 Å². The lowest BCUT2D eigenvalue weighted by atomic mass is 9.80. The average Bonchev–Trinajstić information content (AvgIpc) is 2.69. The van der Waals surface area contributed by atoms with Crippen molar-refractivity contribution in [1.82, 2.24) is 4.98 Å². The van der Waals surface area contributed by atoms with Crippen molar-refractivity contribution in [3.63, 3.8) is 0 Å². The lowest BCUT2D eigenvalue weighted by molar-refractivity contribution is 0.00578. The van der Waals surface area contributed by atoms with Gasteiger partial charge in [0.1, 0.15) is 11.5 Å². The van der Waals surface area contributed by atoms with E-state index in [1.807, 2.05) is 64.1 Å². The molecule has 1 aromatic carbocycles. The molecule has 0 unspecified atom stereocenters. The minimum Gasteiger partial charge on any atom is -0.456 e. The second-order valence-corrected chi connectivity index (χ2v) is 6.46. The van der Waals surface area contributed by atoms with Gasteiger partial charge in [0.05, 0.1) is 17.4 Å². The highest BCUT2D eigenvalue weighted by molar-refractivity contribution is 6.62. The molecule has 0 radical (unpaired) electrons. The Morgan fingerprint density at radius 3 is 2.18 bits per heavy atom. The highest BCUT2D eigenvalue weighted by Crippen LogP contribution is 2.36. The summed E-state index contributed by atoms with van der Waals surface area (Å²) in [5.41, 5.74) is 0.120. The van der Waals surface area contributed by atoms with Crippen LogP contribution in [0.3, 0.4) is 0 Å². The molecule has 3 rings (SSSR count). The van der Waals surface area contributed by atoms with Gasteiger partial charge in [0, 0.05) is 11.7 Å². The topological polar surface area (TPSA) is 40.6 Å². The summed E-state index contributed by atoms with van der Waals surface area (Å²) in [4.78, 5) is 4.24. The van der Waals surface area contributed by atoms with E-state index in [1.165, 1.54) is 0 Å². The second kappa shape index (κ2) is 5.41. The third-order valence-electron chi connectivity index (χ3n) is 4.24. The number of pyridine rings is 1. The predicted molar refractivity (Wildman–Crippen MR) is 86.5 cm³/mol. The Bertz CT molecular complexity index is 642. The van der Waals surface area contributed by atoms with Gasteiger partial charge in [0.15, 0.2) is 0 Å². The molecule has 1 aliphatic rings. The van der Waals surface area contributed by atoms with E-state index in [4.69, 9.17) is 14.0 Å². The van der Waals surface area contributed by atoms with Crippen molar-refractivity contribution >= 4 is 12.6 Å². The van der Waals surface area contributed by atoms with Crippen LogP contribution in [0, 0.1) is 0 Å². The first kappa shape index (κ1) is 15.1. The van der Waals surface area contributed by atoms with Gasteiger partial charge in [0.25, 0.3) is 0 Å². The number of benzene rings is 1. The molecular weight excluding hydrogens is 277 g/mol. The molecule has 0 saturated carbocycles. The van der Waals surface area contributed by atoms with Gasteiger partial charge < -0.3 is 14.0 Å². The molecule has 1 aromatic heterocycles. The summed E-state index contributed by atoms with van der Waals surface area (Å²) in [5.74, 6) is 1.44. The van der Waals surface area contributed by atoms with Gasteiger partial charge in [-0.2, -0.15) is 0 Å². The maximum atomic E-state index is 6.04. The molecule has 1 fully saturated rings. The average molecular weight is 297 g/mol. The number of hydrogen-bond acceptors (Lipinski definition) is 4. The fraction of sp³-hybridized carbons (Fsp3) is 0.353. The summed E-state index contributed by atoms with van der Waals surface area (Å²) in [6, 6.07) is 11.5. The Labute approximate surface area is 131 Å². The molecule has 4 nitrogen and oxygen atoms in total. The van der Waals surface area contributed by atoms with Crippen LogP contribution in [0.15, 0.2) is 48.8 Å². The first-order chi connectivity index (χ1) is 10.4. The van der Waals surface area contributed by atoms with Gasteiger partial charge in [-0.05, 0) is 45.9 Å². The first-order valence-electron chi connectivity index (χ1n) is 7.41. The first-order valence-corrected chi connectivity index (χ1v) is 7.41. The van der Waals surface area contributed by atoms with Crippen molar-refractivity contribution in [3.05, 3.63) is 48.8 Å². The van der Waals surface area contributed by atoms with Gasteiger partial charge in [-0.1, -0.05) is 18.2 Å². The fourth-order valence-electron chi connectivity index (χ4n) is 2.22. The number of hydrogen-bond donors (Lipinski definition) is 0. The summed E-state index contributed by atoms with van der Waals surface area (Å²) in [5, 5.41) is 0. The molecule has 0 aliphatic carbocycles. The fourth-order valence-corrected chi connectivity index (χ4v) is 2.22. The largest absolute Gasteiger partial charge is 0.496 e. The molecule has 2 aromatic rings. The summed E-state index contributed by atoms with van der Waals surface area (Å²) >= 11 is 0. The lowest BCUT2D eigenvalue weighted by Crippen LogP contribution is -2.41. The molecule has 0 atom stereocenters. The Hall–Kier alpha value is -1.85. The SMILES string of the molecule is CC1(C)OB(c2cncc(Oc3ccccc3)c2)OC1(C)C. The molecular formula is C17H20BNO3. The van der Waals surface area contributed by atoms with Crippen molar-refractivity contribution in [2.45, 2.75) is 38.9 Å². The summed E-state index contributed by atoms with van der Waals surface area (Å²) < 4.78 is 17.9.